The van der Waals surface area contributed by atoms with E-state index in [-0.39, 0.29) is 0 Å². The number of hydrogen-bond acceptors (Lipinski definition) is 2. The molecule has 0 rings (SSSR count). The molecule has 0 bridgehead atoms. The van der Waals surface area contributed by atoms with Crippen LogP contribution >= 0.6 is 0 Å². The third-order valence-electron chi connectivity index (χ3n) is 0.272. The van der Waals surface area contributed by atoms with E-state index < -0.39 is 9.04 Å². The van der Waals surface area contributed by atoms with E-state index in [1.54, 1.807) is 0 Å². The van der Waals surface area contributed by atoms with Crippen molar-refractivity contribution in [1.29, 1.82) is 0 Å². The highest BCUT2D eigenvalue weighted by atomic mass is 28.3. The minimum Gasteiger partial charge on any atom is -0.352 e. The lowest BCUT2D eigenvalue weighted by Crippen LogP contribution is -2.12. The van der Waals surface area contributed by atoms with Crippen LogP contribution in [-0.4, -0.2) is 9.04 Å². The molecule has 0 aliphatic carbocycles. The first-order valence-electron chi connectivity index (χ1n) is 1.63. The molecule has 0 aliphatic heterocycles. The molecule has 0 aromatic rings. The van der Waals surface area contributed by atoms with E-state index in [0.717, 1.165) is 0 Å². The second-order valence-corrected chi connectivity index (χ2v) is 3.55. The zero-order valence-corrected chi connectivity index (χ0v) is 4.72. The van der Waals surface area contributed by atoms with Crippen molar-refractivity contribution in [2.45, 2.75) is 13.1 Å². The molecule has 0 aliphatic rings. The van der Waals surface area contributed by atoms with E-state index in [4.69, 9.17) is 5.90 Å². The smallest absolute Gasteiger partial charge is 0.199 e. The fourth-order valence-electron chi connectivity index (χ4n) is 0. The van der Waals surface area contributed by atoms with Crippen LogP contribution in [0.5, 0.6) is 0 Å². The lowest BCUT2D eigenvalue weighted by molar-refractivity contribution is 0.345. The highest BCUT2D eigenvalue weighted by molar-refractivity contribution is 6.48. The average Bonchev–Trinajstić information content (AvgIpc) is 1.38. The topological polar surface area (TPSA) is 35.2 Å². The van der Waals surface area contributed by atoms with Crippen molar-refractivity contribution in [2.24, 2.45) is 5.90 Å². The van der Waals surface area contributed by atoms with Crippen LogP contribution in [0.25, 0.3) is 0 Å². The van der Waals surface area contributed by atoms with E-state index in [9.17, 15) is 0 Å². The second-order valence-electron chi connectivity index (χ2n) is 1.18. The predicted octanol–water partition coefficient (Wildman–Crippen LogP) is -0.140. The molecule has 0 unspecified atom stereocenters. The van der Waals surface area contributed by atoms with Crippen LogP contribution in [0.1, 0.15) is 0 Å². The minimum atomic E-state index is -0.872. The summed E-state index contributed by atoms with van der Waals surface area (Å²) in [5.41, 5.74) is 0. The molecule has 2 nitrogen and oxygen atoms in total. The van der Waals surface area contributed by atoms with Crippen molar-refractivity contribution in [3.8, 4) is 0 Å². The minimum absolute atomic E-state index is 0.872. The predicted molar refractivity (Wildman–Crippen MR) is 24.1 cm³/mol. The van der Waals surface area contributed by atoms with Crippen LogP contribution in [0.15, 0.2) is 0 Å². The summed E-state index contributed by atoms with van der Waals surface area (Å²) >= 11 is 0. The van der Waals surface area contributed by atoms with E-state index in [1.165, 1.54) is 0 Å². The van der Waals surface area contributed by atoms with E-state index in [0.29, 0.717) is 0 Å². The molecule has 32 valence electrons. The Labute approximate surface area is 33.6 Å². The van der Waals surface area contributed by atoms with Gasteiger partial charge in [0.1, 0.15) is 0 Å². The highest BCUT2D eigenvalue weighted by Gasteiger charge is 1.84. The Balaban J connectivity index is 2.54. The molecule has 2 N–H and O–H groups in total. The first-order valence-corrected chi connectivity index (χ1v) is 4.41. The quantitative estimate of drug-likeness (QED) is 0.360. The maximum absolute atomic E-state index is 4.73. The van der Waals surface area contributed by atoms with Gasteiger partial charge in [0.25, 0.3) is 0 Å². The maximum atomic E-state index is 4.73. The van der Waals surface area contributed by atoms with Gasteiger partial charge in [0, 0.05) is 0 Å². The lowest BCUT2D eigenvalue weighted by atomic mass is 11.9. The highest BCUT2D eigenvalue weighted by Crippen LogP contribution is 1.69. The molecular formula is C2H9NOSi. The third-order valence-corrected chi connectivity index (χ3v) is 0.816. The first-order chi connectivity index (χ1) is 2.27. The molecule has 5 heavy (non-hydrogen) atoms. The molecule has 0 heterocycles. The number of hydrogen-bond donors (Lipinski definition) is 1. The maximum Gasteiger partial charge on any atom is 0.199 e. The molecule has 0 aromatic carbocycles. The molecule has 0 amide bonds. The monoisotopic (exact) mass is 91.0 g/mol. The van der Waals surface area contributed by atoms with E-state index in [1.807, 2.05) is 13.1 Å². The molecule has 0 spiro atoms. The van der Waals surface area contributed by atoms with Gasteiger partial charge in [0.15, 0.2) is 9.04 Å². The van der Waals surface area contributed by atoms with E-state index in [2.05, 4.69) is 4.53 Å². The summed E-state index contributed by atoms with van der Waals surface area (Å²) in [5, 5.41) is 0. The van der Waals surface area contributed by atoms with Crippen molar-refractivity contribution in [1.82, 2.24) is 0 Å². The summed E-state index contributed by atoms with van der Waals surface area (Å²) in [6.45, 7) is 4.03. The van der Waals surface area contributed by atoms with Gasteiger partial charge >= 0.3 is 0 Å². The Morgan fingerprint density at radius 1 is 1.60 bits per heavy atom. The van der Waals surface area contributed by atoms with Gasteiger partial charge in [-0.25, -0.2) is 5.90 Å². The summed E-state index contributed by atoms with van der Waals surface area (Å²) in [6, 6.07) is 0. The SMILES string of the molecule is C[SiH](C)ON. The van der Waals surface area contributed by atoms with Crippen molar-refractivity contribution in [2.75, 3.05) is 0 Å². The molecular weight excluding hydrogens is 82.1 g/mol. The Hall–Kier alpha value is 0.137. The van der Waals surface area contributed by atoms with Crippen LogP contribution in [0.4, 0.5) is 0 Å². The first kappa shape index (κ1) is 5.14. The van der Waals surface area contributed by atoms with Gasteiger partial charge in [-0.15, -0.1) is 0 Å². The second kappa shape index (κ2) is 2.38. The lowest BCUT2D eigenvalue weighted by Gasteiger charge is -1.91. The van der Waals surface area contributed by atoms with Crippen molar-refractivity contribution < 1.29 is 4.53 Å². The van der Waals surface area contributed by atoms with Crippen LogP contribution < -0.4 is 5.90 Å². The Morgan fingerprint density at radius 2 is 1.80 bits per heavy atom. The van der Waals surface area contributed by atoms with Crippen LogP contribution in [-0.2, 0) is 4.53 Å². The van der Waals surface area contributed by atoms with Crippen molar-refractivity contribution in [3.63, 3.8) is 0 Å². The molecule has 0 aromatic heterocycles. The largest absolute Gasteiger partial charge is 0.352 e. The van der Waals surface area contributed by atoms with Gasteiger partial charge < -0.3 is 4.53 Å². The normalized spacial score (nSPS) is 9.60. The average molecular weight is 91.2 g/mol. The summed E-state index contributed by atoms with van der Waals surface area (Å²) in [7, 11) is -0.872. The van der Waals surface area contributed by atoms with Gasteiger partial charge in [-0.1, -0.05) is 0 Å². The van der Waals surface area contributed by atoms with Crippen molar-refractivity contribution in [3.05, 3.63) is 0 Å². The molecule has 0 atom stereocenters. The van der Waals surface area contributed by atoms with Crippen LogP contribution in [0, 0.1) is 0 Å². The Bertz CT molecular complexity index is 23.6. The molecule has 0 saturated heterocycles. The molecule has 0 saturated carbocycles. The Morgan fingerprint density at radius 3 is 1.80 bits per heavy atom. The zero-order chi connectivity index (χ0) is 4.28. The van der Waals surface area contributed by atoms with Gasteiger partial charge in [-0.05, 0) is 13.1 Å². The summed E-state index contributed by atoms with van der Waals surface area (Å²) in [5.74, 6) is 4.73. The van der Waals surface area contributed by atoms with Gasteiger partial charge in [-0.3, -0.25) is 0 Å². The summed E-state index contributed by atoms with van der Waals surface area (Å²) in [6.07, 6.45) is 0. The van der Waals surface area contributed by atoms with Crippen LogP contribution in [0.2, 0.25) is 13.1 Å². The molecule has 0 radical (unpaired) electrons. The van der Waals surface area contributed by atoms with Gasteiger partial charge in [0.05, 0.1) is 0 Å². The Kier molecular flexibility index (Phi) is 2.44. The molecule has 0 fully saturated rings. The fourth-order valence-corrected chi connectivity index (χ4v) is 0. The molecule has 3 heteroatoms. The fraction of sp³-hybridized carbons (Fsp3) is 1.00. The number of nitrogens with two attached hydrogens (primary N) is 1. The zero-order valence-electron chi connectivity index (χ0n) is 3.56. The number of rotatable bonds is 1. The van der Waals surface area contributed by atoms with Gasteiger partial charge in [-0.2, -0.15) is 0 Å². The van der Waals surface area contributed by atoms with E-state index >= 15 is 0 Å². The summed E-state index contributed by atoms with van der Waals surface area (Å²) in [4.78, 5) is 0. The standard InChI is InChI=1S/C2H9NOSi/c1-5(2)4-3/h5H,3H2,1-2H3. The summed E-state index contributed by atoms with van der Waals surface area (Å²) < 4.78 is 4.39. The van der Waals surface area contributed by atoms with Crippen molar-refractivity contribution >= 4 is 9.04 Å². The van der Waals surface area contributed by atoms with Gasteiger partial charge in [0.2, 0.25) is 0 Å². The third kappa shape index (κ3) is 4.14. The van der Waals surface area contributed by atoms with Crippen LogP contribution in [0.3, 0.4) is 0 Å².